The predicted octanol–water partition coefficient (Wildman–Crippen LogP) is 2.17. The first-order valence-corrected chi connectivity index (χ1v) is 5.34. The summed E-state index contributed by atoms with van der Waals surface area (Å²) in [4.78, 5) is 15.7. The van der Waals surface area contributed by atoms with Crippen LogP contribution in [-0.2, 0) is 0 Å². The SMILES string of the molecule is CCC(C)CNC(=O)c1ccc(C)nc1. The molecule has 15 heavy (non-hydrogen) atoms. The van der Waals surface area contributed by atoms with E-state index in [1.165, 1.54) is 0 Å². The average Bonchev–Trinajstić information content (AvgIpc) is 2.26. The van der Waals surface area contributed by atoms with Gasteiger partial charge in [-0.1, -0.05) is 20.3 Å². The Morgan fingerprint density at radius 1 is 1.53 bits per heavy atom. The average molecular weight is 206 g/mol. The highest BCUT2D eigenvalue weighted by molar-refractivity contribution is 5.93. The van der Waals surface area contributed by atoms with E-state index in [1.54, 1.807) is 12.3 Å². The molecule has 1 amide bonds. The molecule has 0 aliphatic rings. The summed E-state index contributed by atoms with van der Waals surface area (Å²) in [7, 11) is 0. The number of nitrogens with zero attached hydrogens (tertiary/aromatic N) is 1. The van der Waals surface area contributed by atoms with Crippen LogP contribution in [0.1, 0.15) is 36.3 Å². The molecule has 0 radical (unpaired) electrons. The Bertz CT molecular complexity index is 319. The van der Waals surface area contributed by atoms with E-state index in [4.69, 9.17) is 0 Å². The zero-order valence-electron chi connectivity index (χ0n) is 9.58. The van der Waals surface area contributed by atoms with Gasteiger partial charge in [0.05, 0.1) is 5.56 Å². The Morgan fingerprint density at radius 2 is 2.27 bits per heavy atom. The number of hydrogen-bond acceptors (Lipinski definition) is 2. The maximum atomic E-state index is 11.6. The van der Waals surface area contributed by atoms with E-state index in [0.717, 1.165) is 18.7 Å². The topological polar surface area (TPSA) is 42.0 Å². The van der Waals surface area contributed by atoms with Gasteiger partial charge >= 0.3 is 0 Å². The van der Waals surface area contributed by atoms with E-state index in [9.17, 15) is 4.79 Å². The van der Waals surface area contributed by atoms with Crippen LogP contribution >= 0.6 is 0 Å². The fraction of sp³-hybridized carbons (Fsp3) is 0.500. The first kappa shape index (κ1) is 11.7. The minimum Gasteiger partial charge on any atom is -0.352 e. The largest absolute Gasteiger partial charge is 0.352 e. The van der Waals surface area contributed by atoms with E-state index >= 15 is 0 Å². The molecule has 0 saturated heterocycles. The number of nitrogens with one attached hydrogen (secondary N) is 1. The van der Waals surface area contributed by atoms with E-state index in [1.807, 2.05) is 13.0 Å². The maximum Gasteiger partial charge on any atom is 0.252 e. The Morgan fingerprint density at radius 3 is 2.80 bits per heavy atom. The Kier molecular flexibility index (Phi) is 4.28. The summed E-state index contributed by atoms with van der Waals surface area (Å²) in [6.07, 6.45) is 2.69. The van der Waals surface area contributed by atoms with Crippen LogP contribution in [0.25, 0.3) is 0 Å². The first-order valence-electron chi connectivity index (χ1n) is 5.34. The summed E-state index contributed by atoms with van der Waals surface area (Å²) in [5.74, 6) is 0.482. The van der Waals surface area contributed by atoms with Crippen molar-refractivity contribution in [1.82, 2.24) is 10.3 Å². The Labute approximate surface area is 90.9 Å². The molecule has 1 atom stereocenters. The zero-order chi connectivity index (χ0) is 11.3. The molecular weight excluding hydrogens is 188 g/mol. The summed E-state index contributed by atoms with van der Waals surface area (Å²) in [5, 5.41) is 2.89. The van der Waals surface area contributed by atoms with E-state index < -0.39 is 0 Å². The van der Waals surface area contributed by atoms with Crippen LogP contribution in [0.5, 0.6) is 0 Å². The molecular formula is C12H18N2O. The summed E-state index contributed by atoms with van der Waals surface area (Å²) in [6.45, 7) is 6.86. The number of carbonyl (C=O) groups is 1. The van der Waals surface area contributed by atoms with Gasteiger partial charge in [-0.3, -0.25) is 9.78 Å². The second-order valence-electron chi connectivity index (χ2n) is 3.91. The second-order valence-corrected chi connectivity index (χ2v) is 3.91. The van der Waals surface area contributed by atoms with Crippen LogP contribution < -0.4 is 5.32 Å². The van der Waals surface area contributed by atoms with E-state index in [2.05, 4.69) is 24.1 Å². The molecule has 1 aromatic heterocycles. The molecule has 0 aliphatic heterocycles. The highest BCUT2D eigenvalue weighted by Crippen LogP contribution is 2.01. The standard InChI is InChI=1S/C12H18N2O/c1-4-9(2)7-14-12(15)11-6-5-10(3)13-8-11/h5-6,8-9H,4,7H2,1-3H3,(H,14,15). The number of amides is 1. The van der Waals surface area contributed by atoms with Crippen LogP contribution in [0.3, 0.4) is 0 Å². The Hall–Kier alpha value is -1.38. The van der Waals surface area contributed by atoms with E-state index in [0.29, 0.717) is 11.5 Å². The summed E-state index contributed by atoms with van der Waals surface area (Å²) in [6, 6.07) is 3.65. The molecule has 0 fully saturated rings. The second kappa shape index (κ2) is 5.49. The van der Waals surface area contributed by atoms with Gasteiger partial charge in [0.2, 0.25) is 0 Å². The number of aryl methyl sites for hydroxylation is 1. The number of pyridine rings is 1. The van der Waals surface area contributed by atoms with Gasteiger partial charge in [-0.2, -0.15) is 0 Å². The van der Waals surface area contributed by atoms with Gasteiger partial charge in [-0.05, 0) is 25.0 Å². The number of carbonyl (C=O) groups excluding carboxylic acids is 1. The van der Waals surface area contributed by atoms with Gasteiger partial charge < -0.3 is 5.32 Å². The van der Waals surface area contributed by atoms with E-state index in [-0.39, 0.29) is 5.91 Å². The van der Waals surface area contributed by atoms with Crippen LogP contribution in [-0.4, -0.2) is 17.4 Å². The maximum absolute atomic E-state index is 11.6. The van der Waals surface area contributed by atoms with Crippen molar-refractivity contribution in [3.05, 3.63) is 29.6 Å². The molecule has 1 N–H and O–H groups in total. The fourth-order valence-electron chi connectivity index (χ4n) is 1.12. The van der Waals surface area contributed by atoms with Crippen LogP contribution in [0, 0.1) is 12.8 Å². The lowest BCUT2D eigenvalue weighted by molar-refractivity contribution is 0.0947. The van der Waals surface area contributed by atoms with Crippen molar-refractivity contribution < 1.29 is 4.79 Å². The molecule has 1 heterocycles. The van der Waals surface area contributed by atoms with Gasteiger partial charge in [0.25, 0.3) is 5.91 Å². The summed E-state index contributed by atoms with van der Waals surface area (Å²) in [5.41, 5.74) is 1.55. The van der Waals surface area contributed by atoms with Crippen molar-refractivity contribution in [2.45, 2.75) is 27.2 Å². The van der Waals surface area contributed by atoms with Gasteiger partial charge in [-0.25, -0.2) is 0 Å². The monoisotopic (exact) mass is 206 g/mol. The van der Waals surface area contributed by atoms with Crippen molar-refractivity contribution in [3.63, 3.8) is 0 Å². The third kappa shape index (κ3) is 3.70. The summed E-state index contributed by atoms with van der Waals surface area (Å²) >= 11 is 0. The molecule has 3 heteroatoms. The van der Waals surface area contributed by atoms with Gasteiger partial charge in [-0.15, -0.1) is 0 Å². The molecule has 0 bridgehead atoms. The first-order chi connectivity index (χ1) is 7.13. The molecule has 0 aromatic carbocycles. The molecule has 1 unspecified atom stereocenters. The molecule has 1 rings (SSSR count). The van der Waals surface area contributed by atoms with Crippen molar-refractivity contribution in [3.8, 4) is 0 Å². The molecule has 0 saturated carbocycles. The molecule has 0 spiro atoms. The third-order valence-electron chi connectivity index (χ3n) is 2.48. The minimum atomic E-state index is -0.0391. The number of hydrogen-bond donors (Lipinski definition) is 1. The number of rotatable bonds is 4. The lowest BCUT2D eigenvalue weighted by Gasteiger charge is -2.09. The molecule has 3 nitrogen and oxygen atoms in total. The van der Waals surface area contributed by atoms with Crippen molar-refractivity contribution in [2.24, 2.45) is 5.92 Å². The van der Waals surface area contributed by atoms with Crippen molar-refractivity contribution in [2.75, 3.05) is 6.54 Å². The van der Waals surface area contributed by atoms with Crippen molar-refractivity contribution in [1.29, 1.82) is 0 Å². The number of aromatic nitrogens is 1. The van der Waals surface area contributed by atoms with Crippen molar-refractivity contribution >= 4 is 5.91 Å². The summed E-state index contributed by atoms with van der Waals surface area (Å²) < 4.78 is 0. The highest BCUT2D eigenvalue weighted by atomic mass is 16.1. The highest BCUT2D eigenvalue weighted by Gasteiger charge is 2.06. The van der Waals surface area contributed by atoms with Gasteiger partial charge in [0.15, 0.2) is 0 Å². The smallest absolute Gasteiger partial charge is 0.252 e. The zero-order valence-corrected chi connectivity index (χ0v) is 9.58. The predicted molar refractivity (Wildman–Crippen MR) is 60.8 cm³/mol. The molecule has 82 valence electrons. The third-order valence-corrected chi connectivity index (χ3v) is 2.48. The molecule has 0 aliphatic carbocycles. The van der Waals surface area contributed by atoms with Crippen LogP contribution in [0.2, 0.25) is 0 Å². The lowest BCUT2D eigenvalue weighted by atomic mass is 10.1. The van der Waals surface area contributed by atoms with Gasteiger partial charge in [0.1, 0.15) is 0 Å². The molecule has 1 aromatic rings. The van der Waals surface area contributed by atoms with Gasteiger partial charge in [0, 0.05) is 18.4 Å². The lowest BCUT2D eigenvalue weighted by Crippen LogP contribution is -2.28. The Balaban J connectivity index is 2.50. The normalized spacial score (nSPS) is 12.2. The fourth-order valence-corrected chi connectivity index (χ4v) is 1.12. The quantitative estimate of drug-likeness (QED) is 0.820. The minimum absolute atomic E-state index is 0.0391. The van der Waals surface area contributed by atoms with Crippen LogP contribution in [0.15, 0.2) is 18.3 Å². The van der Waals surface area contributed by atoms with Crippen LogP contribution in [0.4, 0.5) is 0 Å².